The van der Waals surface area contributed by atoms with Crippen LogP contribution in [0, 0.1) is 0 Å². The summed E-state index contributed by atoms with van der Waals surface area (Å²) < 4.78 is 0. The number of hydrogen-bond acceptors (Lipinski definition) is 4. The lowest BCUT2D eigenvalue weighted by molar-refractivity contribution is 0.101. The van der Waals surface area contributed by atoms with Crippen molar-refractivity contribution >= 4 is 34.5 Å². The Morgan fingerprint density at radius 1 is 1.47 bits per heavy atom. The normalized spacial score (nSPS) is 9.27. The topological polar surface area (TPSA) is 32.7 Å². The fraction of sp³-hybridized carbons (Fsp3) is 0.273. The number of ketones is 1. The molecule has 0 N–H and O–H groups in total. The van der Waals surface area contributed by atoms with Gasteiger partial charge in [0.25, 0.3) is 0 Å². The minimum absolute atomic E-state index is 0.0149. The lowest BCUT2D eigenvalue weighted by atomic mass is 10.1. The molecule has 0 bridgehead atoms. The highest BCUT2D eigenvalue weighted by atomic mass is 32.1. The van der Waals surface area contributed by atoms with Crippen LogP contribution in [0.1, 0.15) is 17.3 Å². The van der Waals surface area contributed by atoms with E-state index in [0.29, 0.717) is 11.3 Å². The first kappa shape index (κ1) is 11.6. The summed E-state index contributed by atoms with van der Waals surface area (Å²) in [5.74, 6) is 0.0149. The molecule has 0 spiro atoms. The van der Waals surface area contributed by atoms with E-state index in [1.54, 1.807) is 12.1 Å². The Balaban J connectivity index is 3.32. The summed E-state index contributed by atoms with van der Waals surface area (Å²) in [4.78, 5) is 17.0. The highest BCUT2D eigenvalue weighted by Crippen LogP contribution is 2.28. The van der Waals surface area contributed by atoms with Crippen molar-refractivity contribution in [3.05, 3.63) is 23.8 Å². The van der Waals surface area contributed by atoms with Crippen LogP contribution < -0.4 is 4.90 Å². The van der Waals surface area contributed by atoms with Crippen LogP contribution in [-0.4, -0.2) is 25.0 Å². The van der Waals surface area contributed by atoms with Gasteiger partial charge >= 0.3 is 0 Å². The Hall–Kier alpha value is -1.51. The predicted octanol–water partition coefficient (Wildman–Crippen LogP) is 2.69. The molecule has 15 heavy (non-hydrogen) atoms. The van der Waals surface area contributed by atoms with Gasteiger partial charge < -0.3 is 4.90 Å². The van der Waals surface area contributed by atoms with Crippen molar-refractivity contribution < 1.29 is 4.79 Å². The Morgan fingerprint density at radius 2 is 2.13 bits per heavy atom. The molecule has 0 aromatic heterocycles. The zero-order valence-corrected chi connectivity index (χ0v) is 9.76. The van der Waals surface area contributed by atoms with Gasteiger partial charge in [0.1, 0.15) is 0 Å². The van der Waals surface area contributed by atoms with Crippen LogP contribution in [0.4, 0.5) is 11.4 Å². The van der Waals surface area contributed by atoms with Crippen molar-refractivity contribution in [1.82, 2.24) is 0 Å². The van der Waals surface area contributed by atoms with E-state index < -0.39 is 0 Å². The molecule has 3 nitrogen and oxygen atoms in total. The number of rotatable bonds is 3. The third-order valence-electron chi connectivity index (χ3n) is 2.03. The Labute approximate surface area is 94.4 Å². The van der Waals surface area contributed by atoms with Gasteiger partial charge in [-0.05, 0) is 37.3 Å². The maximum Gasteiger partial charge on any atom is 0.159 e. The smallest absolute Gasteiger partial charge is 0.159 e. The number of isothiocyanates is 1. The van der Waals surface area contributed by atoms with Crippen molar-refractivity contribution in [2.24, 2.45) is 4.99 Å². The second-order valence-electron chi connectivity index (χ2n) is 3.36. The summed E-state index contributed by atoms with van der Waals surface area (Å²) >= 11 is 4.57. The summed E-state index contributed by atoms with van der Waals surface area (Å²) in [5.41, 5.74) is 2.21. The third-order valence-corrected chi connectivity index (χ3v) is 2.12. The minimum Gasteiger partial charge on any atom is -0.376 e. The van der Waals surface area contributed by atoms with Gasteiger partial charge in [-0.1, -0.05) is 0 Å². The van der Waals surface area contributed by atoms with Crippen LogP contribution in [0.5, 0.6) is 0 Å². The number of thiocarbonyl (C=S) groups is 1. The number of hydrogen-bond donors (Lipinski definition) is 0. The maximum absolute atomic E-state index is 11.2. The van der Waals surface area contributed by atoms with Crippen molar-refractivity contribution in [3.8, 4) is 0 Å². The van der Waals surface area contributed by atoms with Crippen molar-refractivity contribution in [3.63, 3.8) is 0 Å². The number of carbonyl (C=O) groups is 1. The fourth-order valence-corrected chi connectivity index (χ4v) is 1.36. The number of nitrogens with zero attached hydrogens (tertiary/aromatic N) is 2. The number of aliphatic imine (C=N–C) groups is 1. The van der Waals surface area contributed by atoms with Crippen LogP contribution in [0.3, 0.4) is 0 Å². The minimum atomic E-state index is 0.0149. The summed E-state index contributed by atoms with van der Waals surface area (Å²) in [6.45, 7) is 1.52. The van der Waals surface area contributed by atoms with E-state index in [1.165, 1.54) is 6.92 Å². The number of benzene rings is 1. The summed E-state index contributed by atoms with van der Waals surface area (Å²) in [6, 6.07) is 5.35. The van der Waals surface area contributed by atoms with Crippen LogP contribution in [0.2, 0.25) is 0 Å². The predicted molar refractivity (Wildman–Crippen MR) is 65.5 cm³/mol. The van der Waals surface area contributed by atoms with E-state index in [9.17, 15) is 4.79 Å². The Morgan fingerprint density at radius 3 is 2.60 bits per heavy atom. The first-order valence-electron chi connectivity index (χ1n) is 4.46. The molecule has 0 amide bonds. The molecule has 1 aromatic rings. The lowest BCUT2D eigenvalue weighted by Crippen LogP contribution is -2.09. The van der Waals surface area contributed by atoms with Gasteiger partial charge in [-0.25, -0.2) is 0 Å². The molecular formula is C11H12N2OS. The zero-order valence-electron chi connectivity index (χ0n) is 8.94. The molecule has 0 aliphatic rings. The average Bonchev–Trinajstić information content (AvgIpc) is 2.17. The van der Waals surface area contributed by atoms with Gasteiger partial charge in [-0.2, -0.15) is 4.99 Å². The highest BCUT2D eigenvalue weighted by Gasteiger charge is 2.07. The van der Waals surface area contributed by atoms with Gasteiger partial charge in [0, 0.05) is 19.7 Å². The molecule has 1 aromatic carbocycles. The average molecular weight is 220 g/mol. The summed E-state index contributed by atoms with van der Waals surface area (Å²) in [6.07, 6.45) is 0. The standard InChI is InChI=1S/C11H12N2OS/c1-8(14)9-4-5-11(13(2)3)10(6-9)12-7-15/h4-6H,1-3H3. The second-order valence-corrected chi connectivity index (χ2v) is 3.54. The second kappa shape index (κ2) is 4.82. The quantitative estimate of drug-likeness (QED) is 0.446. The molecule has 78 valence electrons. The first-order valence-corrected chi connectivity index (χ1v) is 4.87. The van der Waals surface area contributed by atoms with Crippen LogP contribution >= 0.6 is 12.2 Å². The van der Waals surface area contributed by atoms with Gasteiger partial charge in [0.15, 0.2) is 5.78 Å². The first-order chi connectivity index (χ1) is 7.06. The Kier molecular flexibility index (Phi) is 3.72. The molecule has 0 atom stereocenters. The van der Waals surface area contributed by atoms with Gasteiger partial charge in [0.2, 0.25) is 0 Å². The summed E-state index contributed by atoms with van der Waals surface area (Å²) in [7, 11) is 3.82. The molecule has 0 radical (unpaired) electrons. The molecule has 0 heterocycles. The van der Waals surface area contributed by atoms with Crippen molar-refractivity contribution in [2.75, 3.05) is 19.0 Å². The van der Waals surface area contributed by atoms with E-state index >= 15 is 0 Å². The van der Waals surface area contributed by atoms with Crippen LogP contribution in [0.15, 0.2) is 23.2 Å². The Bertz CT molecular complexity index is 434. The molecule has 0 aliphatic carbocycles. The summed E-state index contributed by atoms with van der Waals surface area (Å²) in [5, 5.41) is 2.32. The van der Waals surface area contributed by atoms with E-state index in [0.717, 1.165) is 5.69 Å². The van der Waals surface area contributed by atoms with E-state index in [4.69, 9.17) is 0 Å². The van der Waals surface area contributed by atoms with Crippen LogP contribution in [-0.2, 0) is 0 Å². The van der Waals surface area contributed by atoms with Gasteiger partial charge in [-0.3, -0.25) is 4.79 Å². The highest BCUT2D eigenvalue weighted by molar-refractivity contribution is 7.78. The number of Topliss-reactive ketones (excluding diaryl/α,β-unsaturated/α-hetero) is 1. The molecule has 4 heteroatoms. The number of anilines is 1. The van der Waals surface area contributed by atoms with Crippen molar-refractivity contribution in [2.45, 2.75) is 6.92 Å². The van der Waals surface area contributed by atoms with Gasteiger partial charge in [0.05, 0.1) is 16.5 Å². The van der Waals surface area contributed by atoms with E-state index in [2.05, 4.69) is 22.4 Å². The lowest BCUT2D eigenvalue weighted by Gasteiger charge is -2.14. The van der Waals surface area contributed by atoms with E-state index in [-0.39, 0.29) is 5.78 Å². The fourth-order valence-electron chi connectivity index (χ4n) is 1.26. The zero-order chi connectivity index (χ0) is 11.4. The molecular weight excluding hydrogens is 208 g/mol. The van der Waals surface area contributed by atoms with Crippen molar-refractivity contribution in [1.29, 1.82) is 0 Å². The monoisotopic (exact) mass is 220 g/mol. The van der Waals surface area contributed by atoms with E-state index in [1.807, 2.05) is 25.1 Å². The molecule has 0 saturated heterocycles. The van der Waals surface area contributed by atoms with Crippen LogP contribution in [0.25, 0.3) is 0 Å². The molecule has 0 unspecified atom stereocenters. The molecule has 0 saturated carbocycles. The number of carbonyl (C=O) groups excluding carboxylic acids is 1. The molecule has 0 fully saturated rings. The van der Waals surface area contributed by atoms with Gasteiger partial charge in [-0.15, -0.1) is 0 Å². The molecule has 1 rings (SSSR count). The molecule has 0 aliphatic heterocycles. The largest absolute Gasteiger partial charge is 0.376 e. The SMILES string of the molecule is CC(=O)c1ccc(N(C)C)c(N=C=S)c1. The third kappa shape index (κ3) is 2.72. The maximum atomic E-state index is 11.2.